The first-order valence-electron chi connectivity index (χ1n) is 6.32. The number of nitrogen functional groups attached to an aromatic ring is 1. The van der Waals surface area contributed by atoms with Crippen molar-refractivity contribution in [2.24, 2.45) is 7.05 Å². The van der Waals surface area contributed by atoms with Crippen LogP contribution < -0.4 is 10.0 Å². The number of nitrogens with zero attached hydrogens (tertiary/aromatic N) is 3. The molecule has 0 aliphatic heterocycles. The molecule has 0 amide bonds. The van der Waals surface area contributed by atoms with E-state index in [9.17, 15) is 8.42 Å². The maximum absolute atomic E-state index is 12.7. The molecule has 0 bridgehead atoms. The minimum Gasteiger partial charge on any atom is -0.399 e. The maximum atomic E-state index is 12.7. The fraction of sp³-hybridized carbons (Fsp3) is 0.308. The van der Waals surface area contributed by atoms with Crippen LogP contribution in [0.15, 0.2) is 41.6 Å². The van der Waals surface area contributed by atoms with Crippen molar-refractivity contribution < 1.29 is 8.42 Å². The van der Waals surface area contributed by atoms with Crippen molar-refractivity contribution >= 4 is 21.4 Å². The summed E-state index contributed by atoms with van der Waals surface area (Å²) in [6, 6.07) is 6.80. The summed E-state index contributed by atoms with van der Waals surface area (Å²) in [4.78, 5) is 0.185. The van der Waals surface area contributed by atoms with Crippen molar-refractivity contribution in [1.82, 2.24) is 9.78 Å². The minimum atomic E-state index is -3.60. The molecule has 0 aliphatic carbocycles. The zero-order valence-corrected chi connectivity index (χ0v) is 12.3. The highest BCUT2D eigenvalue weighted by Crippen LogP contribution is 2.24. The Labute approximate surface area is 118 Å². The van der Waals surface area contributed by atoms with Gasteiger partial charge in [0.1, 0.15) is 4.90 Å². The quantitative estimate of drug-likeness (QED) is 0.849. The molecule has 0 aliphatic rings. The van der Waals surface area contributed by atoms with Gasteiger partial charge in [-0.1, -0.05) is 6.92 Å². The first kappa shape index (κ1) is 14.4. The van der Waals surface area contributed by atoms with E-state index in [-0.39, 0.29) is 4.90 Å². The summed E-state index contributed by atoms with van der Waals surface area (Å²) in [7, 11) is -1.91. The third-order valence-electron chi connectivity index (χ3n) is 2.88. The fourth-order valence-corrected chi connectivity index (χ4v) is 3.43. The standard InChI is InChI=1S/C13H18N4O2S/c1-3-8-17(12-6-4-11(14)5-7-12)20(18,19)13-9-15-16(2)10-13/h4-7,9-10H,3,8,14H2,1-2H3. The van der Waals surface area contributed by atoms with E-state index in [1.54, 1.807) is 31.3 Å². The molecule has 0 saturated heterocycles. The van der Waals surface area contributed by atoms with Crippen LogP contribution in [0, 0.1) is 0 Å². The van der Waals surface area contributed by atoms with Crippen molar-refractivity contribution in [1.29, 1.82) is 0 Å². The van der Waals surface area contributed by atoms with E-state index in [2.05, 4.69) is 5.10 Å². The van der Waals surface area contributed by atoms with E-state index in [1.807, 2.05) is 6.92 Å². The number of rotatable bonds is 5. The summed E-state index contributed by atoms with van der Waals surface area (Å²) in [5.74, 6) is 0. The van der Waals surface area contributed by atoms with Crippen molar-refractivity contribution in [3.05, 3.63) is 36.7 Å². The second-order valence-electron chi connectivity index (χ2n) is 4.52. The topological polar surface area (TPSA) is 81.2 Å². The van der Waals surface area contributed by atoms with Crippen LogP contribution in [-0.2, 0) is 17.1 Å². The predicted octanol–water partition coefficient (Wildman–Crippen LogP) is 1.61. The normalized spacial score (nSPS) is 11.5. The molecule has 0 saturated carbocycles. The number of sulfonamides is 1. The summed E-state index contributed by atoms with van der Waals surface area (Å²) in [6.45, 7) is 2.34. The number of aromatic nitrogens is 2. The Balaban J connectivity index is 2.44. The van der Waals surface area contributed by atoms with Crippen LogP contribution in [0.2, 0.25) is 0 Å². The Morgan fingerprint density at radius 1 is 1.30 bits per heavy atom. The van der Waals surface area contributed by atoms with Gasteiger partial charge in [0.2, 0.25) is 0 Å². The zero-order chi connectivity index (χ0) is 14.8. The molecule has 108 valence electrons. The highest BCUT2D eigenvalue weighted by atomic mass is 32.2. The van der Waals surface area contributed by atoms with E-state index in [0.717, 1.165) is 0 Å². The summed E-state index contributed by atoms with van der Waals surface area (Å²) >= 11 is 0. The number of aryl methyl sites for hydroxylation is 1. The monoisotopic (exact) mass is 294 g/mol. The number of nitrogens with two attached hydrogens (primary N) is 1. The molecule has 6 nitrogen and oxygen atoms in total. The molecular formula is C13H18N4O2S. The molecular weight excluding hydrogens is 276 g/mol. The van der Waals surface area contributed by atoms with Gasteiger partial charge in [-0.15, -0.1) is 0 Å². The molecule has 0 spiro atoms. The smallest absolute Gasteiger partial charge is 0.267 e. The minimum absolute atomic E-state index is 0.185. The Hall–Kier alpha value is -2.02. The highest BCUT2D eigenvalue weighted by molar-refractivity contribution is 7.92. The Bertz CT molecular complexity index is 677. The van der Waals surface area contributed by atoms with E-state index >= 15 is 0 Å². The third kappa shape index (κ3) is 2.77. The molecule has 1 aromatic heterocycles. The molecule has 2 rings (SSSR count). The lowest BCUT2D eigenvalue weighted by Gasteiger charge is -2.23. The van der Waals surface area contributed by atoms with Gasteiger partial charge >= 0.3 is 0 Å². The lowest BCUT2D eigenvalue weighted by Crippen LogP contribution is -2.31. The molecule has 20 heavy (non-hydrogen) atoms. The van der Waals surface area contributed by atoms with Crippen LogP contribution in [0.3, 0.4) is 0 Å². The zero-order valence-electron chi connectivity index (χ0n) is 11.5. The molecule has 0 atom stereocenters. The van der Waals surface area contributed by atoms with Crippen LogP contribution in [-0.4, -0.2) is 24.7 Å². The average molecular weight is 294 g/mol. The molecule has 2 N–H and O–H groups in total. The Morgan fingerprint density at radius 2 is 1.95 bits per heavy atom. The molecule has 7 heteroatoms. The van der Waals surface area contributed by atoms with Crippen LogP contribution >= 0.6 is 0 Å². The van der Waals surface area contributed by atoms with Crippen LogP contribution in [0.5, 0.6) is 0 Å². The van der Waals surface area contributed by atoms with Crippen LogP contribution in [0.4, 0.5) is 11.4 Å². The van der Waals surface area contributed by atoms with Gasteiger partial charge in [0.05, 0.1) is 11.9 Å². The van der Waals surface area contributed by atoms with Gasteiger partial charge in [-0.3, -0.25) is 8.99 Å². The summed E-state index contributed by atoms with van der Waals surface area (Å²) in [6.07, 6.45) is 3.56. The van der Waals surface area contributed by atoms with Gasteiger partial charge in [0.25, 0.3) is 10.0 Å². The van der Waals surface area contributed by atoms with E-state index in [0.29, 0.717) is 24.3 Å². The SMILES string of the molecule is CCCN(c1ccc(N)cc1)S(=O)(=O)c1cnn(C)c1. The van der Waals surface area contributed by atoms with Crippen LogP contribution in [0.1, 0.15) is 13.3 Å². The van der Waals surface area contributed by atoms with Gasteiger partial charge in [-0.25, -0.2) is 8.42 Å². The summed E-state index contributed by atoms with van der Waals surface area (Å²) in [5.41, 5.74) is 6.85. The van der Waals surface area contributed by atoms with Crippen LogP contribution in [0.25, 0.3) is 0 Å². The second-order valence-corrected chi connectivity index (χ2v) is 6.38. The van der Waals surface area contributed by atoms with Gasteiger partial charge in [0.15, 0.2) is 0 Å². The lowest BCUT2D eigenvalue weighted by atomic mass is 10.3. The number of anilines is 2. The predicted molar refractivity (Wildman–Crippen MR) is 78.9 cm³/mol. The molecule has 1 heterocycles. The fourth-order valence-electron chi connectivity index (χ4n) is 1.89. The summed E-state index contributed by atoms with van der Waals surface area (Å²) in [5, 5.41) is 3.92. The molecule has 0 radical (unpaired) electrons. The first-order chi connectivity index (χ1) is 9.45. The number of hydrogen-bond donors (Lipinski definition) is 1. The maximum Gasteiger partial charge on any atom is 0.267 e. The van der Waals surface area contributed by atoms with E-state index in [4.69, 9.17) is 5.73 Å². The lowest BCUT2D eigenvalue weighted by molar-refractivity contribution is 0.590. The van der Waals surface area contributed by atoms with Crippen molar-refractivity contribution in [3.8, 4) is 0 Å². The third-order valence-corrected chi connectivity index (χ3v) is 4.66. The Morgan fingerprint density at radius 3 is 2.45 bits per heavy atom. The first-order valence-corrected chi connectivity index (χ1v) is 7.76. The molecule has 0 unspecified atom stereocenters. The molecule has 1 aromatic carbocycles. The molecule has 0 fully saturated rings. The van der Waals surface area contributed by atoms with Gasteiger partial charge in [-0.2, -0.15) is 5.10 Å². The van der Waals surface area contributed by atoms with Crippen molar-refractivity contribution in [2.75, 3.05) is 16.6 Å². The van der Waals surface area contributed by atoms with Crippen molar-refractivity contribution in [3.63, 3.8) is 0 Å². The van der Waals surface area contributed by atoms with Gasteiger partial charge in [-0.05, 0) is 30.7 Å². The van der Waals surface area contributed by atoms with Gasteiger partial charge in [0, 0.05) is 25.5 Å². The molecule has 2 aromatic rings. The van der Waals surface area contributed by atoms with E-state index in [1.165, 1.54) is 21.4 Å². The van der Waals surface area contributed by atoms with Crippen molar-refractivity contribution in [2.45, 2.75) is 18.2 Å². The highest BCUT2D eigenvalue weighted by Gasteiger charge is 2.25. The number of hydrogen-bond acceptors (Lipinski definition) is 4. The van der Waals surface area contributed by atoms with Gasteiger partial charge < -0.3 is 5.73 Å². The largest absolute Gasteiger partial charge is 0.399 e. The average Bonchev–Trinajstić information content (AvgIpc) is 2.84. The van der Waals surface area contributed by atoms with E-state index < -0.39 is 10.0 Å². The number of benzene rings is 1. The second kappa shape index (κ2) is 5.54. The summed E-state index contributed by atoms with van der Waals surface area (Å²) < 4.78 is 28.2. The Kier molecular flexibility index (Phi) is 3.99.